The fraction of sp³-hybridized carbons (Fsp3) is 0.353. The van der Waals surface area contributed by atoms with Crippen molar-refractivity contribution in [3.05, 3.63) is 42.5 Å². The minimum Gasteiger partial charge on any atom is -0.326 e. The highest BCUT2D eigenvalue weighted by Crippen LogP contribution is 2.28. The van der Waals surface area contributed by atoms with E-state index >= 15 is 0 Å². The van der Waals surface area contributed by atoms with Crippen molar-refractivity contribution in [2.45, 2.75) is 32.1 Å². The van der Waals surface area contributed by atoms with E-state index in [1.807, 2.05) is 24.3 Å². The van der Waals surface area contributed by atoms with Crippen molar-refractivity contribution in [1.82, 2.24) is 0 Å². The highest BCUT2D eigenvalue weighted by Gasteiger charge is 2.18. The molecule has 3 rings (SSSR count). The van der Waals surface area contributed by atoms with Crippen LogP contribution in [0.25, 0.3) is 10.8 Å². The Labute approximate surface area is 113 Å². The van der Waals surface area contributed by atoms with E-state index in [9.17, 15) is 4.79 Å². The zero-order valence-corrected chi connectivity index (χ0v) is 11.1. The Hall–Kier alpha value is -1.83. The van der Waals surface area contributed by atoms with Crippen LogP contribution in [0.2, 0.25) is 0 Å². The molecule has 0 atom stereocenters. The predicted molar refractivity (Wildman–Crippen MR) is 79.2 cm³/mol. The number of rotatable bonds is 3. The lowest BCUT2D eigenvalue weighted by Gasteiger charge is -2.10. The highest BCUT2D eigenvalue weighted by molar-refractivity contribution is 5.94. The minimum atomic E-state index is 0.155. The van der Waals surface area contributed by atoms with Gasteiger partial charge >= 0.3 is 0 Å². The summed E-state index contributed by atoms with van der Waals surface area (Å²) in [5.74, 6) is 0.752. The third kappa shape index (κ3) is 2.95. The van der Waals surface area contributed by atoms with Crippen LogP contribution in [0.15, 0.2) is 42.5 Å². The smallest absolute Gasteiger partial charge is 0.224 e. The summed E-state index contributed by atoms with van der Waals surface area (Å²) in [5.41, 5.74) is 0.904. The normalized spacial score (nSPS) is 15.8. The zero-order valence-electron chi connectivity index (χ0n) is 11.1. The number of hydrogen-bond acceptors (Lipinski definition) is 1. The van der Waals surface area contributed by atoms with E-state index in [-0.39, 0.29) is 5.91 Å². The van der Waals surface area contributed by atoms with Gasteiger partial charge in [0.15, 0.2) is 0 Å². The molecule has 1 saturated carbocycles. The van der Waals surface area contributed by atoms with Gasteiger partial charge < -0.3 is 5.32 Å². The van der Waals surface area contributed by atoms with Gasteiger partial charge in [-0.1, -0.05) is 43.2 Å². The van der Waals surface area contributed by atoms with Gasteiger partial charge in [0.25, 0.3) is 0 Å². The topological polar surface area (TPSA) is 29.1 Å². The maximum atomic E-state index is 12.0. The molecule has 1 aliphatic carbocycles. The summed E-state index contributed by atoms with van der Waals surface area (Å²) in [6.07, 6.45) is 5.67. The van der Waals surface area contributed by atoms with Gasteiger partial charge in [-0.3, -0.25) is 4.79 Å². The number of amides is 1. The first-order chi connectivity index (χ1) is 9.31. The van der Waals surface area contributed by atoms with Crippen molar-refractivity contribution < 1.29 is 4.79 Å². The van der Waals surface area contributed by atoms with E-state index in [2.05, 4.69) is 23.5 Å². The average Bonchev–Trinajstić information content (AvgIpc) is 2.91. The summed E-state index contributed by atoms with van der Waals surface area (Å²) in [6, 6.07) is 14.3. The van der Waals surface area contributed by atoms with Crippen LogP contribution in [0.1, 0.15) is 32.1 Å². The lowest BCUT2D eigenvalue weighted by atomic mass is 10.0. The van der Waals surface area contributed by atoms with Gasteiger partial charge in [0, 0.05) is 12.1 Å². The quantitative estimate of drug-likeness (QED) is 0.865. The number of fused-ring (bicyclic) bond motifs is 1. The van der Waals surface area contributed by atoms with E-state index in [0.29, 0.717) is 12.3 Å². The SMILES string of the molecule is O=C(CC1CCCC1)Nc1ccc2ccccc2c1. The van der Waals surface area contributed by atoms with Crippen molar-refractivity contribution in [3.63, 3.8) is 0 Å². The van der Waals surface area contributed by atoms with Gasteiger partial charge in [-0.15, -0.1) is 0 Å². The fourth-order valence-electron chi connectivity index (χ4n) is 2.96. The Morgan fingerprint density at radius 3 is 2.58 bits per heavy atom. The van der Waals surface area contributed by atoms with E-state index in [1.54, 1.807) is 0 Å². The van der Waals surface area contributed by atoms with Crippen LogP contribution < -0.4 is 5.32 Å². The van der Waals surface area contributed by atoms with Gasteiger partial charge in [-0.2, -0.15) is 0 Å². The molecular weight excluding hydrogens is 234 g/mol. The largest absolute Gasteiger partial charge is 0.326 e. The fourth-order valence-corrected chi connectivity index (χ4v) is 2.96. The summed E-state index contributed by atoms with van der Waals surface area (Å²) in [7, 11) is 0. The van der Waals surface area contributed by atoms with Crippen LogP contribution in [-0.4, -0.2) is 5.91 Å². The molecule has 0 heterocycles. The standard InChI is InChI=1S/C17H19NO/c19-17(11-13-5-1-2-6-13)18-16-10-9-14-7-3-4-8-15(14)12-16/h3-4,7-10,12-13H,1-2,5-6,11H2,(H,18,19). The van der Waals surface area contributed by atoms with Crippen LogP contribution in [0.5, 0.6) is 0 Å². The molecule has 0 aliphatic heterocycles. The molecule has 19 heavy (non-hydrogen) atoms. The first-order valence-electron chi connectivity index (χ1n) is 7.10. The van der Waals surface area contributed by atoms with Gasteiger partial charge in [0.1, 0.15) is 0 Å². The van der Waals surface area contributed by atoms with Crippen LogP contribution in [-0.2, 0) is 4.79 Å². The molecule has 2 aromatic carbocycles. The van der Waals surface area contributed by atoms with E-state index in [1.165, 1.54) is 36.5 Å². The molecular formula is C17H19NO. The summed E-state index contributed by atoms with van der Waals surface area (Å²) < 4.78 is 0. The Morgan fingerprint density at radius 2 is 1.79 bits per heavy atom. The summed E-state index contributed by atoms with van der Waals surface area (Å²) in [5, 5.41) is 5.39. The second kappa shape index (κ2) is 5.43. The van der Waals surface area contributed by atoms with Crippen molar-refractivity contribution in [2.75, 3.05) is 5.32 Å². The minimum absolute atomic E-state index is 0.155. The number of hydrogen-bond donors (Lipinski definition) is 1. The van der Waals surface area contributed by atoms with Gasteiger partial charge in [-0.25, -0.2) is 0 Å². The number of nitrogens with one attached hydrogen (secondary N) is 1. The molecule has 0 spiro atoms. The molecule has 1 aliphatic rings. The van der Waals surface area contributed by atoms with Crippen molar-refractivity contribution in [3.8, 4) is 0 Å². The molecule has 0 saturated heterocycles. The molecule has 98 valence electrons. The Bertz CT molecular complexity index is 585. The van der Waals surface area contributed by atoms with E-state index < -0.39 is 0 Å². The summed E-state index contributed by atoms with van der Waals surface area (Å²) in [6.45, 7) is 0. The lowest BCUT2D eigenvalue weighted by molar-refractivity contribution is -0.117. The number of carbonyl (C=O) groups excluding carboxylic acids is 1. The summed E-state index contributed by atoms with van der Waals surface area (Å²) in [4.78, 5) is 12.0. The second-order valence-corrected chi connectivity index (χ2v) is 5.46. The Balaban J connectivity index is 1.68. The number of benzene rings is 2. The molecule has 2 nitrogen and oxygen atoms in total. The molecule has 1 N–H and O–H groups in total. The van der Waals surface area contributed by atoms with Crippen molar-refractivity contribution in [1.29, 1.82) is 0 Å². The summed E-state index contributed by atoms with van der Waals surface area (Å²) >= 11 is 0. The Morgan fingerprint density at radius 1 is 1.05 bits per heavy atom. The van der Waals surface area contributed by atoms with E-state index in [0.717, 1.165) is 5.69 Å². The molecule has 1 fully saturated rings. The third-order valence-electron chi connectivity index (χ3n) is 3.98. The van der Waals surface area contributed by atoms with Gasteiger partial charge in [0.05, 0.1) is 0 Å². The van der Waals surface area contributed by atoms with Crippen LogP contribution in [0.4, 0.5) is 5.69 Å². The third-order valence-corrected chi connectivity index (χ3v) is 3.98. The Kier molecular flexibility index (Phi) is 3.49. The monoisotopic (exact) mass is 253 g/mol. The van der Waals surface area contributed by atoms with E-state index in [4.69, 9.17) is 0 Å². The molecule has 0 bridgehead atoms. The highest BCUT2D eigenvalue weighted by atomic mass is 16.1. The van der Waals surface area contributed by atoms with Crippen molar-refractivity contribution >= 4 is 22.4 Å². The van der Waals surface area contributed by atoms with Gasteiger partial charge in [-0.05, 0) is 41.7 Å². The lowest BCUT2D eigenvalue weighted by Crippen LogP contribution is -2.14. The predicted octanol–water partition coefficient (Wildman–Crippen LogP) is 4.36. The molecule has 0 unspecified atom stereocenters. The van der Waals surface area contributed by atoms with Gasteiger partial charge in [0.2, 0.25) is 5.91 Å². The zero-order chi connectivity index (χ0) is 13.1. The van der Waals surface area contributed by atoms with Crippen LogP contribution in [0.3, 0.4) is 0 Å². The van der Waals surface area contributed by atoms with Crippen molar-refractivity contribution in [2.24, 2.45) is 5.92 Å². The van der Waals surface area contributed by atoms with Crippen LogP contribution >= 0.6 is 0 Å². The molecule has 1 amide bonds. The maximum absolute atomic E-state index is 12.0. The van der Waals surface area contributed by atoms with Crippen LogP contribution in [0, 0.1) is 5.92 Å². The molecule has 2 heteroatoms. The first-order valence-corrected chi connectivity index (χ1v) is 7.10. The molecule has 0 aromatic heterocycles. The maximum Gasteiger partial charge on any atom is 0.224 e. The first kappa shape index (κ1) is 12.2. The molecule has 0 radical (unpaired) electrons. The number of carbonyl (C=O) groups is 1. The molecule has 2 aromatic rings. The number of anilines is 1. The average molecular weight is 253 g/mol. The second-order valence-electron chi connectivity index (χ2n) is 5.46.